The lowest BCUT2D eigenvalue weighted by atomic mass is 9.89. The van der Waals surface area contributed by atoms with Crippen molar-refractivity contribution in [2.45, 2.75) is 50.4 Å². The summed E-state index contributed by atoms with van der Waals surface area (Å²) >= 11 is 0. The molecule has 1 aliphatic carbocycles. The summed E-state index contributed by atoms with van der Waals surface area (Å²) in [6, 6.07) is 20.5. The number of aryl methyl sites for hydroxylation is 1. The Balaban J connectivity index is 1.44. The Kier molecular flexibility index (Phi) is 6.27. The van der Waals surface area contributed by atoms with Crippen LogP contribution in [0.4, 0.5) is 0 Å². The number of hydrogen-bond donors (Lipinski definition) is 2. The van der Waals surface area contributed by atoms with Gasteiger partial charge in [-0.15, -0.1) is 0 Å². The van der Waals surface area contributed by atoms with Crippen molar-refractivity contribution >= 4 is 0 Å². The van der Waals surface area contributed by atoms with Gasteiger partial charge < -0.3 is 15.2 Å². The molecule has 0 aliphatic heterocycles. The number of aliphatic hydroxyl groups excluding tert-OH is 1. The Morgan fingerprint density at radius 2 is 1.67 bits per heavy atom. The molecule has 0 aromatic heterocycles. The molecule has 3 heteroatoms. The highest BCUT2D eigenvalue weighted by Crippen LogP contribution is 2.24. The van der Waals surface area contributed by atoms with Crippen LogP contribution in [-0.4, -0.2) is 29.9 Å². The van der Waals surface area contributed by atoms with Gasteiger partial charge in [-0.1, -0.05) is 48.5 Å². The molecule has 0 saturated heterocycles. The van der Waals surface area contributed by atoms with Crippen LogP contribution in [0.3, 0.4) is 0 Å². The van der Waals surface area contributed by atoms with Crippen molar-refractivity contribution in [2.75, 3.05) is 6.54 Å². The van der Waals surface area contributed by atoms with Crippen LogP contribution in [0.15, 0.2) is 60.7 Å². The standard InChI is InChI=1S/C21H27NO2/c23-21-19(22-16-8-11-17-9-3-1-4-10-17)14-7-15-20(21)24-18-12-5-2-6-13-18/h1-6,9-10,12-13,19-23H,7-8,11,14-16H2/t19-,20+,21+/m0/s1. The van der Waals surface area contributed by atoms with Crippen molar-refractivity contribution in [3.63, 3.8) is 0 Å². The van der Waals surface area contributed by atoms with Crippen molar-refractivity contribution in [3.05, 3.63) is 66.2 Å². The van der Waals surface area contributed by atoms with E-state index < -0.39 is 6.10 Å². The minimum Gasteiger partial charge on any atom is -0.488 e. The average Bonchev–Trinajstić information content (AvgIpc) is 2.63. The summed E-state index contributed by atoms with van der Waals surface area (Å²) in [5, 5.41) is 14.1. The van der Waals surface area contributed by atoms with Gasteiger partial charge in [0.25, 0.3) is 0 Å². The van der Waals surface area contributed by atoms with Crippen LogP contribution in [0.25, 0.3) is 0 Å². The number of ether oxygens (including phenoxy) is 1. The molecule has 3 atom stereocenters. The first-order valence-electron chi connectivity index (χ1n) is 9.00. The van der Waals surface area contributed by atoms with Gasteiger partial charge >= 0.3 is 0 Å². The molecule has 128 valence electrons. The topological polar surface area (TPSA) is 41.5 Å². The number of para-hydroxylation sites is 1. The zero-order valence-electron chi connectivity index (χ0n) is 14.1. The van der Waals surface area contributed by atoms with E-state index in [9.17, 15) is 5.11 Å². The molecule has 2 aromatic rings. The highest BCUT2D eigenvalue weighted by atomic mass is 16.5. The first kappa shape index (κ1) is 17.0. The second-order valence-electron chi connectivity index (χ2n) is 6.54. The largest absolute Gasteiger partial charge is 0.488 e. The van der Waals surface area contributed by atoms with E-state index in [2.05, 4.69) is 29.6 Å². The summed E-state index contributed by atoms with van der Waals surface area (Å²) in [5.41, 5.74) is 1.37. The summed E-state index contributed by atoms with van der Waals surface area (Å²) in [5.74, 6) is 0.839. The highest BCUT2D eigenvalue weighted by Gasteiger charge is 2.32. The van der Waals surface area contributed by atoms with Crippen molar-refractivity contribution in [3.8, 4) is 5.75 Å². The minimum atomic E-state index is -0.448. The number of hydrogen-bond acceptors (Lipinski definition) is 3. The molecule has 3 nitrogen and oxygen atoms in total. The first-order valence-corrected chi connectivity index (χ1v) is 9.00. The molecule has 1 fully saturated rings. The number of aliphatic hydroxyl groups is 1. The van der Waals surface area contributed by atoms with Crippen LogP contribution in [0.2, 0.25) is 0 Å². The van der Waals surface area contributed by atoms with Crippen molar-refractivity contribution in [1.29, 1.82) is 0 Å². The maximum Gasteiger partial charge on any atom is 0.126 e. The van der Waals surface area contributed by atoms with E-state index in [1.807, 2.05) is 36.4 Å². The molecule has 2 aromatic carbocycles. The van der Waals surface area contributed by atoms with Gasteiger partial charge in [-0.3, -0.25) is 0 Å². The summed E-state index contributed by atoms with van der Waals surface area (Å²) in [6.45, 7) is 0.925. The van der Waals surface area contributed by atoms with Gasteiger partial charge in [-0.25, -0.2) is 0 Å². The van der Waals surface area contributed by atoms with Crippen molar-refractivity contribution < 1.29 is 9.84 Å². The molecule has 0 bridgehead atoms. The molecular weight excluding hydrogens is 298 g/mol. The van der Waals surface area contributed by atoms with E-state index in [4.69, 9.17) is 4.74 Å². The predicted molar refractivity (Wildman–Crippen MR) is 97.3 cm³/mol. The van der Waals surface area contributed by atoms with Crippen LogP contribution < -0.4 is 10.1 Å². The molecule has 2 N–H and O–H groups in total. The Hall–Kier alpha value is -1.84. The Bertz CT molecular complexity index is 587. The average molecular weight is 325 g/mol. The maximum atomic E-state index is 10.6. The minimum absolute atomic E-state index is 0.118. The first-order chi connectivity index (χ1) is 11.8. The van der Waals surface area contributed by atoms with Crippen LogP contribution in [0.5, 0.6) is 5.75 Å². The van der Waals surface area contributed by atoms with E-state index in [1.165, 1.54) is 5.56 Å². The molecule has 1 saturated carbocycles. The quantitative estimate of drug-likeness (QED) is 0.765. The third-order valence-electron chi connectivity index (χ3n) is 4.72. The molecule has 0 unspecified atom stereocenters. The fraction of sp³-hybridized carbons (Fsp3) is 0.429. The summed E-state index contributed by atoms with van der Waals surface area (Å²) in [7, 11) is 0. The Morgan fingerprint density at radius 1 is 0.958 bits per heavy atom. The van der Waals surface area contributed by atoms with Gasteiger partial charge in [-0.05, 0) is 56.3 Å². The summed E-state index contributed by atoms with van der Waals surface area (Å²) in [6.07, 6.45) is 4.60. The van der Waals surface area contributed by atoms with Crippen LogP contribution in [0, 0.1) is 0 Å². The van der Waals surface area contributed by atoms with Gasteiger partial charge in [0, 0.05) is 6.04 Å². The van der Waals surface area contributed by atoms with Crippen molar-refractivity contribution in [1.82, 2.24) is 5.32 Å². The lowest BCUT2D eigenvalue weighted by molar-refractivity contribution is -0.0152. The summed E-state index contributed by atoms with van der Waals surface area (Å²) in [4.78, 5) is 0. The zero-order valence-corrected chi connectivity index (χ0v) is 14.1. The van der Waals surface area contributed by atoms with Gasteiger partial charge in [0.15, 0.2) is 0 Å². The molecule has 0 heterocycles. The fourth-order valence-corrected chi connectivity index (χ4v) is 3.39. The third kappa shape index (κ3) is 4.83. The predicted octanol–water partition coefficient (Wildman–Crippen LogP) is 3.57. The van der Waals surface area contributed by atoms with Crippen LogP contribution in [0.1, 0.15) is 31.2 Å². The van der Waals surface area contributed by atoms with E-state index in [0.717, 1.165) is 44.4 Å². The van der Waals surface area contributed by atoms with Crippen LogP contribution in [-0.2, 0) is 6.42 Å². The molecular formula is C21H27NO2. The SMILES string of the molecule is O[C@@H]1[C@@H](NCCCc2ccccc2)CCC[C@H]1Oc1ccccc1. The molecule has 0 spiro atoms. The Morgan fingerprint density at radius 3 is 2.42 bits per heavy atom. The Labute approximate surface area is 144 Å². The van der Waals surface area contributed by atoms with E-state index in [1.54, 1.807) is 0 Å². The highest BCUT2D eigenvalue weighted by molar-refractivity contribution is 5.21. The van der Waals surface area contributed by atoms with E-state index in [-0.39, 0.29) is 12.1 Å². The zero-order chi connectivity index (χ0) is 16.6. The summed E-state index contributed by atoms with van der Waals surface area (Å²) < 4.78 is 5.98. The molecule has 1 aliphatic rings. The third-order valence-corrected chi connectivity index (χ3v) is 4.72. The van der Waals surface area contributed by atoms with Gasteiger partial charge in [0.05, 0.1) is 0 Å². The number of nitrogens with one attached hydrogen (secondary N) is 1. The maximum absolute atomic E-state index is 10.6. The van der Waals surface area contributed by atoms with Gasteiger partial charge in [0.2, 0.25) is 0 Å². The fourth-order valence-electron chi connectivity index (χ4n) is 3.39. The second kappa shape index (κ2) is 8.86. The number of benzene rings is 2. The second-order valence-corrected chi connectivity index (χ2v) is 6.54. The van der Waals surface area contributed by atoms with E-state index in [0.29, 0.717) is 0 Å². The van der Waals surface area contributed by atoms with E-state index >= 15 is 0 Å². The monoisotopic (exact) mass is 325 g/mol. The lowest BCUT2D eigenvalue weighted by Gasteiger charge is -2.35. The van der Waals surface area contributed by atoms with Crippen LogP contribution >= 0.6 is 0 Å². The van der Waals surface area contributed by atoms with Gasteiger partial charge in [0.1, 0.15) is 18.0 Å². The normalized spacial score (nSPS) is 23.8. The molecule has 3 rings (SSSR count). The van der Waals surface area contributed by atoms with Gasteiger partial charge in [-0.2, -0.15) is 0 Å². The molecule has 0 radical (unpaired) electrons. The molecule has 24 heavy (non-hydrogen) atoms. The molecule has 0 amide bonds. The van der Waals surface area contributed by atoms with Crippen molar-refractivity contribution in [2.24, 2.45) is 0 Å². The lowest BCUT2D eigenvalue weighted by Crippen LogP contribution is -2.51. The smallest absolute Gasteiger partial charge is 0.126 e. The number of rotatable bonds is 7.